The van der Waals surface area contributed by atoms with Crippen LogP contribution in [-0.4, -0.2) is 30.7 Å². The zero-order valence-electron chi connectivity index (χ0n) is 12.7. The molecule has 0 atom stereocenters. The SMILES string of the molecule is CSc1ccccc1NC(=O)CN(C)Cc1cccc(F)c1. The molecule has 0 heterocycles. The van der Waals surface area contributed by atoms with Gasteiger partial charge in [-0.05, 0) is 43.1 Å². The number of carbonyl (C=O) groups excluding carboxylic acids is 1. The lowest BCUT2D eigenvalue weighted by Gasteiger charge is -2.17. The highest BCUT2D eigenvalue weighted by atomic mass is 32.2. The Bertz CT molecular complexity index is 648. The Hall–Kier alpha value is -1.85. The number of halogens is 1. The van der Waals surface area contributed by atoms with E-state index >= 15 is 0 Å². The van der Waals surface area contributed by atoms with Gasteiger partial charge in [0.05, 0.1) is 12.2 Å². The Kier molecular flexibility index (Phi) is 5.98. The van der Waals surface area contributed by atoms with E-state index < -0.39 is 0 Å². The summed E-state index contributed by atoms with van der Waals surface area (Å²) in [7, 11) is 1.84. The van der Waals surface area contributed by atoms with Gasteiger partial charge in [0.15, 0.2) is 0 Å². The first-order valence-corrected chi connectivity index (χ1v) is 8.17. The van der Waals surface area contributed by atoms with Crippen LogP contribution in [0.25, 0.3) is 0 Å². The van der Waals surface area contributed by atoms with Gasteiger partial charge < -0.3 is 5.32 Å². The maximum atomic E-state index is 13.2. The quantitative estimate of drug-likeness (QED) is 0.826. The second kappa shape index (κ2) is 7.96. The van der Waals surface area contributed by atoms with Gasteiger partial charge in [-0.25, -0.2) is 4.39 Å². The fraction of sp³-hybridized carbons (Fsp3) is 0.235. The molecule has 2 aromatic carbocycles. The molecule has 0 aliphatic heterocycles. The number of para-hydroxylation sites is 1. The minimum absolute atomic E-state index is 0.0830. The molecule has 0 saturated heterocycles. The molecule has 0 unspecified atom stereocenters. The number of hydrogen-bond acceptors (Lipinski definition) is 3. The minimum atomic E-state index is -0.260. The Morgan fingerprint density at radius 3 is 2.73 bits per heavy atom. The predicted molar refractivity (Wildman–Crippen MR) is 89.6 cm³/mol. The first-order chi connectivity index (χ1) is 10.6. The number of likely N-dealkylation sites (N-methyl/N-ethyl adjacent to an activating group) is 1. The van der Waals surface area contributed by atoms with Crippen LogP contribution in [0.4, 0.5) is 10.1 Å². The second-order valence-corrected chi connectivity index (χ2v) is 5.90. The number of hydrogen-bond donors (Lipinski definition) is 1. The highest BCUT2D eigenvalue weighted by Gasteiger charge is 2.09. The van der Waals surface area contributed by atoms with Gasteiger partial charge in [0, 0.05) is 11.4 Å². The summed E-state index contributed by atoms with van der Waals surface area (Å²) >= 11 is 1.59. The fourth-order valence-corrected chi connectivity index (χ4v) is 2.74. The Labute approximate surface area is 134 Å². The van der Waals surface area contributed by atoms with Crippen molar-refractivity contribution in [3.63, 3.8) is 0 Å². The van der Waals surface area contributed by atoms with E-state index in [2.05, 4.69) is 5.32 Å². The van der Waals surface area contributed by atoms with Crippen molar-refractivity contribution in [2.24, 2.45) is 0 Å². The average Bonchev–Trinajstić information content (AvgIpc) is 2.47. The Morgan fingerprint density at radius 1 is 1.23 bits per heavy atom. The zero-order valence-corrected chi connectivity index (χ0v) is 13.5. The summed E-state index contributed by atoms with van der Waals surface area (Å²) in [6.45, 7) is 0.772. The number of benzene rings is 2. The molecule has 0 bridgehead atoms. The van der Waals surface area contributed by atoms with E-state index in [9.17, 15) is 9.18 Å². The molecule has 0 radical (unpaired) electrons. The highest BCUT2D eigenvalue weighted by Crippen LogP contribution is 2.24. The molecule has 5 heteroatoms. The molecule has 2 aromatic rings. The fourth-order valence-electron chi connectivity index (χ4n) is 2.19. The van der Waals surface area contributed by atoms with E-state index in [4.69, 9.17) is 0 Å². The van der Waals surface area contributed by atoms with Crippen LogP contribution in [0.5, 0.6) is 0 Å². The van der Waals surface area contributed by atoms with Crippen molar-refractivity contribution in [2.75, 3.05) is 25.2 Å². The smallest absolute Gasteiger partial charge is 0.238 e. The van der Waals surface area contributed by atoms with Gasteiger partial charge in [-0.15, -0.1) is 11.8 Å². The third kappa shape index (κ3) is 4.86. The first-order valence-electron chi connectivity index (χ1n) is 6.94. The summed E-state index contributed by atoms with van der Waals surface area (Å²) in [5, 5.41) is 2.91. The molecule has 1 N–H and O–H groups in total. The number of anilines is 1. The molecule has 116 valence electrons. The van der Waals surface area contributed by atoms with Crippen molar-refractivity contribution in [3.05, 3.63) is 59.9 Å². The van der Waals surface area contributed by atoms with Gasteiger partial charge in [0.25, 0.3) is 0 Å². The molecule has 2 rings (SSSR count). The molecule has 22 heavy (non-hydrogen) atoms. The van der Waals surface area contributed by atoms with E-state index in [1.807, 2.05) is 48.5 Å². The Morgan fingerprint density at radius 2 is 2.00 bits per heavy atom. The number of carbonyl (C=O) groups is 1. The third-order valence-corrected chi connectivity index (χ3v) is 3.93. The lowest BCUT2D eigenvalue weighted by molar-refractivity contribution is -0.117. The molecule has 3 nitrogen and oxygen atoms in total. The second-order valence-electron chi connectivity index (χ2n) is 5.05. The van der Waals surface area contributed by atoms with Gasteiger partial charge in [-0.3, -0.25) is 9.69 Å². The van der Waals surface area contributed by atoms with Crippen molar-refractivity contribution in [3.8, 4) is 0 Å². The molecule has 0 saturated carbocycles. The summed E-state index contributed by atoms with van der Waals surface area (Å²) in [5.41, 5.74) is 1.67. The summed E-state index contributed by atoms with van der Waals surface area (Å²) in [6, 6.07) is 14.1. The van der Waals surface area contributed by atoms with Crippen molar-refractivity contribution < 1.29 is 9.18 Å². The van der Waals surface area contributed by atoms with Crippen LogP contribution in [-0.2, 0) is 11.3 Å². The van der Waals surface area contributed by atoms with Gasteiger partial charge in [0.1, 0.15) is 5.82 Å². The Balaban J connectivity index is 1.91. The minimum Gasteiger partial charge on any atom is -0.324 e. The van der Waals surface area contributed by atoms with E-state index in [1.54, 1.807) is 17.8 Å². The van der Waals surface area contributed by atoms with Crippen LogP contribution < -0.4 is 5.32 Å². The molecule has 0 aromatic heterocycles. The number of rotatable bonds is 6. The maximum Gasteiger partial charge on any atom is 0.238 e. The highest BCUT2D eigenvalue weighted by molar-refractivity contribution is 7.98. The van der Waals surface area contributed by atoms with Crippen molar-refractivity contribution in [2.45, 2.75) is 11.4 Å². The van der Waals surface area contributed by atoms with Crippen LogP contribution in [0.3, 0.4) is 0 Å². The van der Waals surface area contributed by atoms with Crippen LogP contribution in [0, 0.1) is 5.82 Å². The van der Waals surface area contributed by atoms with Crippen LogP contribution in [0.15, 0.2) is 53.4 Å². The molecular weight excluding hydrogens is 299 g/mol. The van der Waals surface area contributed by atoms with Crippen molar-refractivity contribution in [1.82, 2.24) is 4.90 Å². The van der Waals surface area contributed by atoms with Crippen LogP contribution >= 0.6 is 11.8 Å². The number of nitrogens with one attached hydrogen (secondary N) is 1. The summed E-state index contributed by atoms with van der Waals surface area (Å²) < 4.78 is 13.2. The molecule has 1 amide bonds. The lowest BCUT2D eigenvalue weighted by atomic mass is 10.2. The third-order valence-electron chi connectivity index (χ3n) is 3.14. The number of nitrogens with zero attached hydrogens (tertiary/aromatic N) is 1. The molecule has 0 spiro atoms. The molecular formula is C17H19FN2OS. The van der Waals surface area contributed by atoms with Gasteiger partial charge in [-0.1, -0.05) is 24.3 Å². The molecule has 0 aliphatic carbocycles. The summed E-state index contributed by atoms with van der Waals surface area (Å²) in [6.07, 6.45) is 1.97. The van der Waals surface area contributed by atoms with Crippen molar-refractivity contribution >= 4 is 23.4 Å². The number of thioether (sulfide) groups is 1. The first kappa shape index (κ1) is 16.5. The van der Waals surface area contributed by atoms with Crippen LogP contribution in [0.1, 0.15) is 5.56 Å². The topological polar surface area (TPSA) is 32.3 Å². The average molecular weight is 318 g/mol. The summed E-state index contributed by atoms with van der Waals surface area (Å²) in [5.74, 6) is -0.343. The monoisotopic (exact) mass is 318 g/mol. The van der Waals surface area contributed by atoms with Crippen molar-refractivity contribution in [1.29, 1.82) is 0 Å². The van der Waals surface area contributed by atoms with Gasteiger partial charge in [0.2, 0.25) is 5.91 Å². The predicted octanol–water partition coefficient (Wildman–Crippen LogP) is 3.62. The van der Waals surface area contributed by atoms with Gasteiger partial charge >= 0.3 is 0 Å². The van der Waals surface area contributed by atoms with Crippen LogP contribution in [0.2, 0.25) is 0 Å². The van der Waals surface area contributed by atoms with Gasteiger partial charge in [-0.2, -0.15) is 0 Å². The molecule has 0 aliphatic rings. The van der Waals surface area contributed by atoms with E-state index in [-0.39, 0.29) is 18.3 Å². The standard InChI is InChI=1S/C17H19FN2OS/c1-20(11-13-6-5-7-14(18)10-13)12-17(21)19-15-8-3-4-9-16(15)22-2/h3-10H,11-12H2,1-2H3,(H,19,21). The normalized spacial score (nSPS) is 10.7. The van der Waals surface area contributed by atoms with E-state index in [0.29, 0.717) is 6.54 Å². The van der Waals surface area contributed by atoms with E-state index in [0.717, 1.165) is 16.1 Å². The molecule has 0 fully saturated rings. The number of amides is 1. The largest absolute Gasteiger partial charge is 0.324 e. The van der Waals surface area contributed by atoms with E-state index in [1.165, 1.54) is 12.1 Å². The maximum absolute atomic E-state index is 13.2. The lowest BCUT2D eigenvalue weighted by Crippen LogP contribution is -2.30. The zero-order chi connectivity index (χ0) is 15.9. The summed E-state index contributed by atoms with van der Waals surface area (Å²) in [4.78, 5) is 15.0.